The van der Waals surface area contributed by atoms with E-state index in [-0.39, 0.29) is 31.7 Å². The van der Waals surface area contributed by atoms with Crippen molar-refractivity contribution in [2.45, 2.75) is 69.9 Å². The maximum atomic E-state index is 13.3. The lowest BCUT2D eigenvalue weighted by molar-refractivity contribution is -0.938. The molecular formula is C29H51N4O5S+. The number of aryl methyl sites for hydroxylation is 2. The molecule has 0 spiro atoms. The number of quaternary nitrogens is 1. The summed E-state index contributed by atoms with van der Waals surface area (Å²) in [5.41, 5.74) is 1.38. The fourth-order valence-electron chi connectivity index (χ4n) is 6.20. The van der Waals surface area contributed by atoms with E-state index < -0.39 is 10.0 Å². The molecule has 0 bridgehead atoms. The van der Waals surface area contributed by atoms with Crippen LogP contribution in [0.1, 0.15) is 50.7 Å². The molecule has 0 aromatic heterocycles. The average molecular weight is 568 g/mol. The molecule has 1 amide bonds. The molecule has 2 fully saturated rings. The van der Waals surface area contributed by atoms with Gasteiger partial charge in [-0.05, 0) is 62.4 Å². The largest absolute Gasteiger partial charge is 0.497 e. The van der Waals surface area contributed by atoms with Gasteiger partial charge in [0.2, 0.25) is 15.9 Å². The Morgan fingerprint density at radius 3 is 2.46 bits per heavy atom. The Bertz CT molecular complexity index is 1070. The molecule has 1 saturated heterocycles. The van der Waals surface area contributed by atoms with Crippen molar-refractivity contribution >= 4 is 15.9 Å². The minimum absolute atomic E-state index is 0.0368. The van der Waals surface area contributed by atoms with Crippen LogP contribution in [-0.4, -0.2) is 126 Å². The Morgan fingerprint density at radius 2 is 1.85 bits per heavy atom. The van der Waals surface area contributed by atoms with Gasteiger partial charge in [0.15, 0.2) is 0 Å². The van der Waals surface area contributed by atoms with Gasteiger partial charge in [-0.3, -0.25) is 9.69 Å². The minimum Gasteiger partial charge on any atom is -0.497 e. The Kier molecular flexibility index (Phi) is 11.2. The number of likely N-dealkylation sites (N-methyl/N-ethyl adjacent to an activating group) is 4. The van der Waals surface area contributed by atoms with Gasteiger partial charge in [0, 0.05) is 46.2 Å². The second kappa shape index (κ2) is 13.8. The monoisotopic (exact) mass is 567 g/mol. The van der Waals surface area contributed by atoms with E-state index in [1.807, 2.05) is 18.9 Å². The van der Waals surface area contributed by atoms with Crippen molar-refractivity contribution in [1.82, 2.24) is 14.1 Å². The number of ether oxygens (including phenoxy) is 2. The number of carbonyl (C=O) groups is 1. The van der Waals surface area contributed by atoms with Crippen molar-refractivity contribution in [3.63, 3.8) is 0 Å². The van der Waals surface area contributed by atoms with Crippen molar-refractivity contribution in [2.75, 3.05) is 80.7 Å². The van der Waals surface area contributed by atoms with Crippen LogP contribution in [0.25, 0.3) is 0 Å². The fourth-order valence-corrected chi connectivity index (χ4v) is 7.82. The number of methoxy groups -OCH3 is 1. The normalized spacial score (nSPS) is 22.2. The van der Waals surface area contributed by atoms with Gasteiger partial charge in [-0.15, -0.1) is 0 Å². The first-order valence-electron chi connectivity index (χ1n) is 14.5. The molecule has 1 aliphatic carbocycles. The zero-order valence-electron chi connectivity index (χ0n) is 25.2. The lowest BCUT2D eigenvalue weighted by atomic mass is 9.87. The molecule has 9 nitrogen and oxygen atoms in total. The Hall–Kier alpha value is -1.72. The van der Waals surface area contributed by atoms with Crippen LogP contribution < -0.4 is 4.74 Å². The number of sulfonamides is 1. The fraction of sp³-hybridized carbons (Fsp3) is 0.759. The van der Waals surface area contributed by atoms with Gasteiger partial charge in [0.05, 0.1) is 44.8 Å². The zero-order valence-corrected chi connectivity index (χ0v) is 26.1. The highest BCUT2D eigenvalue weighted by atomic mass is 32.2. The van der Waals surface area contributed by atoms with Gasteiger partial charge in [0.25, 0.3) is 0 Å². The van der Waals surface area contributed by atoms with Gasteiger partial charge in [-0.2, -0.15) is 4.31 Å². The lowest BCUT2D eigenvalue weighted by Crippen LogP contribution is -2.63. The van der Waals surface area contributed by atoms with E-state index >= 15 is 0 Å². The van der Waals surface area contributed by atoms with E-state index in [0.717, 1.165) is 48.9 Å². The van der Waals surface area contributed by atoms with E-state index in [4.69, 9.17) is 9.47 Å². The third-order valence-electron chi connectivity index (χ3n) is 9.13. The first kappa shape index (κ1) is 31.8. The summed E-state index contributed by atoms with van der Waals surface area (Å²) in [7, 11) is 3.72. The maximum Gasteiger partial charge on any atom is 0.248 e. The summed E-state index contributed by atoms with van der Waals surface area (Å²) in [6.07, 6.45) is 5.02. The topological polar surface area (TPSA) is 79.4 Å². The zero-order chi connectivity index (χ0) is 28.8. The van der Waals surface area contributed by atoms with E-state index in [9.17, 15) is 13.2 Å². The average Bonchev–Trinajstić information content (AvgIpc) is 2.94. The predicted octanol–water partition coefficient (Wildman–Crippen LogP) is 2.75. The molecule has 2 aliphatic rings. The molecule has 10 heteroatoms. The van der Waals surface area contributed by atoms with Crippen molar-refractivity contribution in [3.05, 3.63) is 23.3 Å². The highest BCUT2D eigenvalue weighted by Gasteiger charge is 2.40. The summed E-state index contributed by atoms with van der Waals surface area (Å²) in [5, 5.41) is 0. The molecule has 3 rings (SSSR count). The van der Waals surface area contributed by atoms with Crippen LogP contribution in [0.5, 0.6) is 5.75 Å². The number of hydrogen-bond acceptors (Lipinski definition) is 6. The van der Waals surface area contributed by atoms with Crippen LogP contribution in [0.2, 0.25) is 0 Å². The smallest absolute Gasteiger partial charge is 0.248 e. The third-order valence-corrected chi connectivity index (χ3v) is 11.2. The molecule has 222 valence electrons. The highest BCUT2D eigenvalue weighted by Crippen LogP contribution is 2.31. The van der Waals surface area contributed by atoms with Gasteiger partial charge in [-0.1, -0.05) is 13.8 Å². The first-order valence-corrected chi connectivity index (χ1v) is 15.9. The standard InChI is InChI=1S/C29H51N4O5S/c1-8-24-20-27(37-7)19-23(3)29(24)39(35,36)30(4)15-18-38-22-28(34)31(5)25-11-10-12-26(21-25)33(6)16-13-32(9-2)14-17-33/h19-20,25-26H,8-18,21-22H2,1-7H3/q+1. The van der Waals surface area contributed by atoms with Crippen molar-refractivity contribution in [2.24, 2.45) is 0 Å². The second-order valence-corrected chi connectivity index (χ2v) is 13.5. The van der Waals surface area contributed by atoms with Crippen molar-refractivity contribution < 1.29 is 27.2 Å². The summed E-state index contributed by atoms with van der Waals surface area (Å²) in [6, 6.07) is 4.34. The number of rotatable bonds is 12. The number of nitrogens with zero attached hydrogens (tertiary/aromatic N) is 4. The van der Waals surface area contributed by atoms with Crippen molar-refractivity contribution in [3.8, 4) is 5.75 Å². The summed E-state index contributed by atoms with van der Waals surface area (Å²) < 4.78 is 40.1. The molecule has 1 heterocycles. The van der Waals surface area contributed by atoms with E-state index in [1.54, 1.807) is 33.2 Å². The Labute approximate surface area is 236 Å². The van der Waals surface area contributed by atoms with Crippen LogP contribution >= 0.6 is 0 Å². The predicted molar refractivity (Wildman–Crippen MR) is 155 cm³/mol. The summed E-state index contributed by atoms with van der Waals surface area (Å²) in [4.78, 5) is 17.7. The van der Waals surface area contributed by atoms with Gasteiger partial charge >= 0.3 is 0 Å². The molecule has 1 aromatic rings. The summed E-state index contributed by atoms with van der Waals surface area (Å²) in [5.74, 6) is 0.611. The van der Waals surface area contributed by atoms with Crippen LogP contribution in [-0.2, 0) is 26.0 Å². The van der Waals surface area contributed by atoms with Crippen LogP contribution in [0.15, 0.2) is 17.0 Å². The summed E-state index contributed by atoms with van der Waals surface area (Å²) in [6.45, 7) is 12.0. The molecule has 39 heavy (non-hydrogen) atoms. The Morgan fingerprint density at radius 1 is 1.15 bits per heavy atom. The quantitative estimate of drug-likeness (QED) is 0.286. The number of amides is 1. The lowest BCUT2D eigenvalue weighted by Gasteiger charge is -2.50. The van der Waals surface area contributed by atoms with E-state index in [1.165, 1.54) is 23.8 Å². The molecule has 2 atom stereocenters. The minimum atomic E-state index is -3.70. The van der Waals surface area contributed by atoms with Crippen LogP contribution in [0.4, 0.5) is 0 Å². The number of hydrogen-bond donors (Lipinski definition) is 0. The third kappa shape index (κ3) is 7.52. The molecule has 2 unspecified atom stereocenters. The molecular weight excluding hydrogens is 516 g/mol. The highest BCUT2D eigenvalue weighted by molar-refractivity contribution is 7.89. The number of piperazine rings is 1. The second-order valence-electron chi connectivity index (χ2n) is 11.5. The van der Waals surface area contributed by atoms with Crippen LogP contribution in [0, 0.1) is 6.92 Å². The first-order chi connectivity index (χ1) is 18.5. The SMILES string of the molecule is CCc1cc(OC)cc(C)c1S(=O)(=O)N(C)CCOCC(=O)N(C)C1CCCC([N+]2(C)CCN(CC)CC2)C1. The van der Waals surface area contributed by atoms with Gasteiger partial charge in [-0.25, -0.2) is 8.42 Å². The molecule has 0 radical (unpaired) electrons. The molecule has 1 aromatic carbocycles. The Balaban J connectivity index is 1.50. The molecule has 1 aliphatic heterocycles. The van der Waals surface area contributed by atoms with Gasteiger partial charge < -0.3 is 18.9 Å². The molecule has 0 N–H and O–H groups in total. The number of carbonyl (C=O) groups excluding carboxylic acids is 1. The van der Waals surface area contributed by atoms with Crippen LogP contribution in [0.3, 0.4) is 0 Å². The van der Waals surface area contributed by atoms with Crippen molar-refractivity contribution in [1.29, 1.82) is 0 Å². The van der Waals surface area contributed by atoms with Gasteiger partial charge in [0.1, 0.15) is 12.4 Å². The van der Waals surface area contributed by atoms with E-state index in [0.29, 0.717) is 28.7 Å². The van der Waals surface area contributed by atoms with E-state index in [2.05, 4.69) is 18.9 Å². The summed E-state index contributed by atoms with van der Waals surface area (Å²) >= 11 is 0. The maximum absolute atomic E-state index is 13.3. The molecule has 1 saturated carbocycles. The number of benzene rings is 1.